The number of halogens is 1. The normalized spacial score (nSPS) is 12.1. The minimum atomic E-state index is -1.33. The lowest BCUT2D eigenvalue weighted by molar-refractivity contribution is 0.0693. The van der Waals surface area contributed by atoms with Crippen LogP contribution in [0.15, 0.2) is 41.3 Å². The second kappa shape index (κ2) is 5.01. The number of benzene rings is 1. The van der Waals surface area contributed by atoms with E-state index < -0.39 is 29.0 Å². The molecule has 0 aliphatic heterocycles. The van der Waals surface area contributed by atoms with Crippen molar-refractivity contribution in [2.75, 3.05) is 0 Å². The summed E-state index contributed by atoms with van der Waals surface area (Å²) < 4.78 is 14.6. The monoisotopic (exact) mass is 262 g/mol. The van der Waals surface area contributed by atoms with Crippen molar-refractivity contribution in [2.45, 2.75) is 13.0 Å². The van der Waals surface area contributed by atoms with Crippen molar-refractivity contribution < 1.29 is 14.3 Å². The van der Waals surface area contributed by atoms with Gasteiger partial charge in [0.1, 0.15) is 11.4 Å². The van der Waals surface area contributed by atoms with Crippen LogP contribution in [-0.2, 0) is 0 Å². The van der Waals surface area contributed by atoms with Gasteiger partial charge in [0.05, 0.1) is 6.04 Å². The first-order valence-electron chi connectivity index (χ1n) is 5.58. The van der Waals surface area contributed by atoms with E-state index in [1.807, 2.05) is 0 Å². The highest BCUT2D eigenvalue weighted by atomic mass is 19.1. The molecule has 1 aromatic heterocycles. The molecule has 5 nitrogen and oxygen atoms in total. The molecule has 0 bridgehead atoms. The van der Waals surface area contributed by atoms with Gasteiger partial charge in [0.25, 0.3) is 5.56 Å². The maximum absolute atomic E-state index is 13.7. The molecule has 1 atom stereocenters. The van der Waals surface area contributed by atoms with Crippen LogP contribution in [0.2, 0.25) is 0 Å². The maximum Gasteiger partial charge on any atom is 0.341 e. The summed E-state index contributed by atoms with van der Waals surface area (Å²) in [6.07, 6.45) is 1.21. The molecule has 2 aromatic rings. The number of rotatable bonds is 3. The molecule has 0 aliphatic carbocycles. The van der Waals surface area contributed by atoms with Gasteiger partial charge in [0, 0.05) is 11.8 Å². The topological polar surface area (TPSA) is 72.2 Å². The van der Waals surface area contributed by atoms with E-state index in [0.29, 0.717) is 0 Å². The van der Waals surface area contributed by atoms with Crippen LogP contribution >= 0.6 is 0 Å². The first kappa shape index (κ1) is 12.9. The molecular weight excluding hydrogens is 251 g/mol. The van der Waals surface area contributed by atoms with E-state index in [9.17, 15) is 14.0 Å². The number of hydrogen-bond acceptors (Lipinski definition) is 3. The van der Waals surface area contributed by atoms with Gasteiger partial charge in [-0.3, -0.25) is 4.79 Å². The van der Waals surface area contributed by atoms with Crippen LogP contribution in [-0.4, -0.2) is 20.9 Å². The van der Waals surface area contributed by atoms with Gasteiger partial charge < -0.3 is 5.11 Å². The highest BCUT2D eigenvalue weighted by Crippen LogP contribution is 2.18. The fourth-order valence-electron chi connectivity index (χ4n) is 1.81. The Morgan fingerprint density at radius 2 is 2.05 bits per heavy atom. The second-order valence-electron chi connectivity index (χ2n) is 4.00. The van der Waals surface area contributed by atoms with Gasteiger partial charge in [-0.15, -0.1) is 0 Å². The van der Waals surface area contributed by atoms with E-state index in [2.05, 4.69) is 5.10 Å². The van der Waals surface area contributed by atoms with Crippen molar-refractivity contribution in [1.29, 1.82) is 0 Å². The summed E-state index contributed by atoms with van der Waals surface area (Å²) in [6.45, 7) is 1.58. The van der Waals surface area contributed by atoms with Crippen molar-refractivity contribution >= 4 is 5.97 Å². The van der Waals surface area contributed by atoms with Crippen molar-refractivity contribution in [1.82, 2.24) is 9.78 Å². The van der Waals surface area contributed by atoms with Crippen LogP contribution in [0.3, 0.4) is 0 Å². The fraction of sp³-hybridized carbons (Fsp3) is 0.154. The van der Waals surface area contributed by atoms with Gasteiger partial charge in [-0.05, 0) is 19.1 Å². The zero-order valence-electron chi connectivity index (χ0n) is 10.1. The lowest BCUT2D eigenvalue weighted by atomic mass is 10.1. The molecule has 0 amide bonds. The Balaban J connectivity index is 2.54. The zero-order valence-corrected chi connectivity index (χ0v) is 10.1. The number of hydrogen-bond donors (Lipinski definition) is 1. The summed E-state index contributed by atoms with van der Waals surface area (Å²) in [5.41, 5.74) is -0.872. The second-order valence-corrected chi connectivity index (χ2v) is 4.00. The van der Waals surface area contributed by atoms with Crippen molar-refractivity contribution in [3.8, 4) is 0 Å². The first-order chi connectivity index (χ1) is 9.02. The summed E-state index contributed by atoms with van der Waals surface area (Å²) in [5, 5.41) is 12.7. The summed E-state index contributed by atoms with van der Waals surface area (Å²) >= 11 is 0. The third-order valence-electron chi connectivity index (χ3n) is 2.82. The molecule has 0 unspecified atom stereocenters. The SMILES string of the molecule is C[C@@H](c1ccccc1F)n1nccc(C(=O)O)c1=O. The molecule has 0 saturated heterocycles. The quantitative estimate of drug-likeness (QED) is 0.913. The molecular formula is C13H11FN2O3. The van der Waals surface area contributed by atoms with E-state index in [1.54, 1.807) is 13.0 Å². The average Bonchev–Trinajstić information content (AvgIpc) is 2.38. The maximum atomic E-state index is 13.7. The molecule has 0 saturated carbocycles. The lowest BCUT2D eigenvalue weighted by Gasteiger charge is -2.14. The highest BCUT2D eigenvalue weighted by Gasteiger charge is 2.18. The van der Waals surface area contributed by atoms with Gasteiger partial charge in [-0.1, -0.05) is 18.2 Å². The summed E-state index contributed by atoms with van der Waals surface area (Å²) in [4.78, 5) is 22.8. The van der Waals surface area contributed by atoms with Gasteiger partial charge in [0.2, 0.25) is 0 Å². The van der Waals surface area contributed by atoms with Crippen LogP contribution < -0.4 is 5.56 Å². The predicted molar refractivity (Wildman–Crippen MR) is 65.7 cm³/mol. The number of carbonyl (C=O) groups is 1. The molecule has 2 rings (SSSR count). The third kappa shape index (κ3) is 2.37. The molecule has 0 fully saturated rings. The fourth-order valence-corrected chi connectivity index (χ4v) is 1.81. The van der Waals surface area contributed by atoms with Crippen molar-refractivity contribution in [2.24, 2.45) is 0 Å². The van der Waals surface area contributed by atoms with Crippen LogP contribution in [0.25, 0.3) is 0 Å². The number of nitrogens with zero attached hydrogens (tertiary/aromatic N) is 2. The molecule has 0 aliphatic rings. The van der Waals surface area contributed by atoms with Crippen molar-refractivity contribution in [3.05, 3.63) is 63.8 Å². The Labute approximate surface area is 107 Å². The summed E-state index contributed by atoms with van der Waals surface area (Å²) in [6, 6.07) is 6.42. The molecule has 19 heavy (non-hydrogen) atoms. The minimum Gasteiger partial charge on any atom is -0.477 e. The van der Waals surface area contributed by atoms with Gasteiger partial charge in [-0.25, -0.2) is 13.9 Å². The van der Waals surface area contributed by atoms with Crippen LogP contribution in [0.4, 0.5) is 4.39 Å². The Bertz CT molecular complexity index is 682. The smallest absolute Gasteiger partial charge is 0.341 e. The van der Waals surface area contributed by atoms with Crippen LogP contribution in [0, 0.1) is 5.82 Å². The average molecular weight is 262 g/mol. The van der Waals surface area contributed by atoms with Gasteiger partial charge >= 0.3 is 5.97 Å². The lowest BCUT2D eigenvalue weighted by Crippen LogP contribution is -2.31. The van der Waals surface area contributed by atoms with E-state index in [4.69, 9.17) is 5.11 Å². The van der Waals surface area contributed by atoms with Gasteiger partial charge in [0.15, 0.2) is 0 Å². The Morgan fingerprint density at radius 3 is 2.68 bits per heavy atom. The molecule has 1 N–H and O–H groups in total. The van der Waals surface area contributed by atoms with Crippen LogP contribution in [0.5, 0.6) is 0 Å². The molecule has 6 heteroatoms. The minimum absolute atomic E-state index is 0.277. The molecule has 0 radical (unpaired) electrons. The Morgan fingerprint density at radius 1 is 1.37 bits per heavy atom. The first-order valence-corrected chi connectivity index (χ1v) is 5.58. The highest BCUT2D eigenvalue weighted by molar-refractivity contribution is 5.86. The number of carboxylic acids is 1. The zero-order chi connectivity index (χ0) is 14.0. The standard InChI is InChI=1S/C13H11FN2O3/c1-8(9-4-2-3-5-11(9)14)16-12(17)10(13(18)19)6-7-15-16/h2-8H,1H3,(H,18,19)/t8-/m0/s1. The molecule has 98 valence electrons. The number of aromatic carboxylic acids is 1. The van der Waals surface area contributed by atoms with E-state index >= 15 is 0 Å². The largest absolute Gasteiger partial charge is 0.477 e. The molecule has 1 heterocycles. The van der Waals surface area contributed by atoms with E-state index in [1.165, 1.54) is 24.4 Å². The predicted octanol–water partition coefficient (Wildman–Crippen LogP) is 1.69. The Kier molecular flexibility index (Phi) is 3.41. The summed E-state index contributed by atoms with van der Waals surface area (Å²) in [5.74, 6) is -1.80. The van der Waals surface area contributed by atoms with Crippen molar-refractivity contribution in [3.63, 3.8) is 0 Å². The number of aromatic nitrogens is 2. The molecule has 1 aromatic carbocycles. The van der Waals surface area contributed by atoms with E-state index in [-0.39, 0.29) is 5.56 Å². The third-order valence-corrected chi connectivity index (χ3v) is 2.82. The Hall–Kier alpha value is -2.50. The summed E-state index contributed by atoms with van der Waals surface area (Å²) in [7, 11) is 0. The van der Waals surface area contributed by atoms with Gasteiger partial charge in [-0.2, -0.15) is 5.10 Å². The number of carboxylic acid groups (broad SMARTS) is 1. The van der Waals surface area contributed by atoms with E-state index in [0.717, 1.165) is 10.7 Å². The van der Waals surface area contributed by atoms with Crippen LogP contribution in [0.1, 0.15) is 28.9 Å². The molecule has 0 spiro atoms.